The monoisotopic (exact) mass is 438 g/mol. The van der Waals surface area contributed by atoms with Gasteiger partial charge in [-0.1, -0.05) is 18.2 Å². The van der Waals surface area contributed by atoms with Crippen molar-refractivity contribution < 1.29 is 4.79 Å². The molecule has 33 heavy (non-hydrogen) atoms. The van der Waals surface area contributed by atoms with E-state index >= 15 is 0 Å². The molecule has 5 heteroatoms. The Hall–Kier alpha value is -3.44. The molecule has 0 radical (unpaired) electrons. The number of carbonyl (C=O) groups is 1. The van der Waals surface area contributed by atoms with Crippen molar-refractivity contribution in [1.82, 2.24) is 19.8 Å². The largest absolute Gasteiger partial charge is 0.361 e. The number of hydrogen-bond acceptors (Lipinski definition) is 3. The highest BCUT2D eigenvalue weighted by Crippen LogP contribution is 2.28. The number of aryl methyl sites for hydroxylation is 1. The lowest BCUT2D eigenvalue weighted by molar-refractivity contribution is 0.0569. The number of amides is 1. The van der Waals surface area contributed by atoms with Crippen LogP contribution in [0.5, 0.6) is 0 Å². The molecule has 1 saturated heterocycles. The van der Waals surface area contributed by atoms with Gasteiger partial charge in [-0.05, 0) is 104 Å². The summed E-state index contributed by atoms with van der Waals surface area (Å²) in [7, 11) is 2.15. The van der Waals surface area contributed by atoms with Crippen LogP contribution in [0.4, 0.5) is 0 Å². The second kappa shape index (κ2) is 9.20. The van der Waals surface area contributed by atoms with Gasteiger partial charge in [0.2, 0.25) is 0 Å². The number of likely N-dealkylation sites (tertiary alicyclic amines) is 1. The van der Waals surface area contributed by atoms with E-state index in [1.807, 2.05) is 18.3 Å². The van der Waals surface area contributed by atoms with E-state index in [9.17, 15) is 4.79 Å². The zero-order chi connectivity index (χ0) is 22.8. The minimum absolute atomic E-state index is 0.0884. The maximum atomic E-state index is 13.6. The fourth-order valence-corrected chi connectivity index (χ4v) is 4.77. The lowest BCUT2D eigenvalue weighted by atomic mass is 9.96. The molecule has 0 aliphatic carbocycles. The van der Waals surface area contributed by atoms with Gasteiger partial charge in [0, 0.05) is 42.3 Å². The van der Waals surface area contributed by atoms with Crippen molar-refractivity contribution in [3.8, 4) is 11.1 Å². The highest BCUT2D eigenvalue weighted by Gasteiger charge is 2.28. The third kappa shape index (κ3) is 4.55. The molecule has 2 aromatic heterocycles. The van der Waals surface area contributed by atoms with Crippen molar-refractivity contribution in [2.75, 3.05) is 20.1 Å². The highest BCUT2D eigenvalue weighted by atomic mass is 16.2. The fourth-order valence-electron chi connectivity index (χ4n) is 4.77. The third-order valence-corrected chi connectivity index (χ3v) is 6.89. The maximum absolute atomic E-state index is 13.6. The van der Waals surface area contributed by atoms with Gasteiger partial charge in [0.15, 0.2) is 0 Å². The molecule has 4 aromatic rings. The van der Waals surface area contributed by atoms with E-state index in [2.05, 4.69) is 76.2 Å². The zero-order valence-corrected chi connectivity index (χ0v) is 19.3. The summed E-state index contributed by atoms with van der Waals surface area (Å²) in [5.41, 5.74) is 6.62. The Balaban J connectivity index is 1.47. The first-order valence-corrected chi connectivity index (χ1v) is 11.6. The number of H-pyrrole nitrogens is 1. The van der Waals surface area contributed by atoms with Crippen molar-refractivity contribution in [2.45, 2.75) is 32.4 Å². The molecule has 0 spiro atoms. The zero-order valence-electron chi connectivity index (χ0n) is 19.3. The van der Waals surface area contributed by atoms with Crippen LogP contribution >= 0.6 is 0 Å². The van der Waals surface area contributed by atoms with Crippen LogP contribution in [0.1, 0.15) is 34.3 Å². The van der Waals surface area contributed by atoms with Gasteiger partial charge in [0.25, 0.3) is 5.91 Å². The van der Waals surface area contributed by atoms with Crippen LogP contribution < -0.4 is 0 Å². The predicted octanol–water partition coefficient (Wildman–Crippen LogP) is 5.27. The van der Waals surface area contributed by atoms with Gasteiger partial charge in [-0.2, -0.15) is 0 Å². The van der Waals surface area contributed by atoms with Crippen molar-refractivity contribution in [3.05, 3.63) is 89.9 Å². The highest BCUT2D eigenvalue weighted by molar-refractivity contribution is 5.94. The first-order valence-electron chi connectivity index (χ1n) is 11.6. The summed E-state index contributed by atoms with van der Waals surface area (Å²) in [6, 6.07) is 19.1. The molecule has 1 fully saturated rings. The summed E-state index contributed by atoms with van der Waals surface area (Å²) in [5, 5.41) is 1.20. The van der Waals surface area contributed by atoms with Crippen LogP contribution in [0.25, 0.3) is 22.0 Å². The number of fused-ring (bicyclic) bond motifs is 1. The Labute approximate surface area is 195 Å². The number of rotatable bonds is 5. The molecule has 5 rings (SSSR count). The second-order valence-electron chi connectivity index (χ2n) is 9.12. The first-order chi connectivity index (χ1) is 16.1. The van der Waals surface area contributed by atoms with Gasteiger partial charge >= 0.3 is 0 Å². The summed E-state index contributed by atoms with van der Waals surface area (Å²) in [6.07, 6.45) is 7.36. The molecule has 0 bridgehead atoms. The molecular formula is C28H30N4O. The van der Waals surface area contributed by atoms with Crippen molar-refractivity contribution >= 4 is 16.8 Å². The van der Waals surface area contributed by atoms with Crippen LogP contribution in [-0.4, -0.2) is 51.9 Å². The average Bonchev–Trinajstić information content (AvgIpc) is 3.32. The Kier molecular flexibility index (Phi) is 5.97. The summed E-state index contributed by atoms with van der Waals surface area (Å²) >= 11 is 0. The SMILES string of the molecule is Cc1ccc(-c2ccc3[nH]ccc3c2)cc1CN(C(=O)c1ccncc1)C1CCN(C)CC1. The van der Waals surface area contributed by atoms with Gasteiger partial charge in [0.05, 0.1) is 0 Å². The molecule has 1 aliphatic heterocycles. The number of aromatic amines is 1. The lowest BCUT2D eigenvalue weighted by Gasteiger charge is -2.38. The van der Waals surface area contributed by atoms with Gasteiger partial charge in [-0.3, -0.25) is 9.78 Å². The molecule has 1 amide bonds. The van der Waals surface area contributed by atoms with E-state index in [1.165, 1.54) is 27.6 Å². The number of aromatic nitrogens is 2. The third-order valence-electron chi connectivity index (χ3n) is 6.89. The number of carbonyl (C=O) groups excluding carboxylic acids is 1. The van der Waals surface area contributed by atoms with Crippen molar-refractivity contribution in [2.24, 2.45) is 0 Å². The molecule has 1 aliphatic rings. The Morgan fingerprint density at radius 1 is 1.03 bits per heavy atom. The van der Waals surface area contributed by atoms with Crippen LogP contribution in [0.3, 0.4) is 0 Å². The smallest absolute Gasteiger partial charge is 0.254 e. The lowest BCUT2D eigenvalue weighted by Crippen LogP contribution is -2.46. The van der Waals surface area contributed by atoms with Gasteiger partial charge < -0.3 is 14.8 Å². The van der Waals surface area contributed by atoms with Crippen LogP contribution in [-0.2, 0) is 6.54 Å². The van der Waals surface area contributed by atoms with Crippen LogP contribution in [0.15, 0.2) is 73.2 Å². The quantitative estimate of drug-likeness (QED) is 0.462. The molecular weight excluding hydrogens is 408 g/mol. The number of benzene rings is 2. The number of pyridine rings is 1. The van der Waals surface area contributed by atoms with E-state index in [0.717, 1.165) is 31.4 Å². The average molecular weight is 439 g/mol. The minimum atomic E-state index is 0.0884. The summed E-state index contributed by atoms with van der Waals surface area (Å²) in [5.74, 6) is 0.0884. The molecule has 2 aromatic carbocycles. The van der Waals surface area contributed by atoms with Crippen molar-refractivity contribution in [3.63, 3.8) is 0 Å². The van der Waals surface area contributed by atoms with Crippen LogP contribution in [0.2, 0.25) is 0 Å². The normalized spacial score (nSPS) is 15.1. The second-order valence-corrected chi connectivity index (χ2v) is 9.12. The first kappa shape index (κ1) is 21.4. The Morgan fingerprint density at radius 2 is 1.76 bits per heavy atom. The van der Waals surface area contributed by atoms with E-state index in [-0.39, 0.29) is 11.9 Å². The summed E-state index contributed by atoms with van der Waals surface area (Å²) in [4.78, 5) is 25.4. The topological polar surface area (TPSA) is 52.2 Å². The number of nitrogens with zero attached hydrogens (tertiary/aromatic N) is 3. The molecule has 168 valence electrons. The van der Waals surface area contributed by atoms with Gasteiger partial charge in [0.1, 0.15) is 0 Å². The molecule has 3 heterocycles. The number of hydrogen-bond donors (Lipinski definition) is 1. The standard InChI is InChI=1S/C28H30N4O/c1-20-3-4-22(23-5-6-27-24(17-23)9-14-30-27)18-25(20)19-32(26-10-15-31(2)16-11-26)28(33)21-7-12-29-13-8-21/h3-9,12-14,17-18,26,30H,10-11,15-16,19H2,1-2H3. The van der Waals surface area contributed by atoms with E-state index in [4.69, 9.17) is 0 Å². The Morgan fingerprint density at radius 3 is 2.55 bits per heavy atom. The molecule has 0 saturated carbocycles. The van der Waals surface area contributed by atoms with E-state index < -0.39 is 0 Å². The molecule has 5 nitrogen and oxygen atoms in total. The summed E-state index contributed by atoms with van der Waals surface area (Å²) < 4.78 is 0. The number of piperidine rings is 1. The maximum Gasteiger partial charge on any atom is 0.254 e. The van der Waals surface area contributed by atoms with E-state index in [1.54, 1.807) is 12.4 Å². The molecule has 0 atom stereocenters. The van der Waals surface area contributed by atoms with E-state index in [0.29, 0.717) is 12.1 Å². The number of nitrogens with one attached hydrogen (secondary N) is 1. The van der Waals surface area contributed by atoms with Crippen LogP contribution in [0, 0.1) is 6.92 Å². The van der Waals surface area contributed by atoms with Crippen molar-refractivity contribution in [1.29, 1.82) is 0 Å². The molecule has 1 N–H and O–H groups in total. The summed E-state index contributed by atoms with van der Waals surface area (Å²) in [6.45, 7) is 4.78. The fraction of sp³-hybridized carbons (Fsp3) is 0.286. The predicted molar refractivity (Wildman–Crippen MR) is 133 cm³/mol. The minimum Gasteiger partial charge on any atom is -0.361 e. The van der Waals surface area contributed by atoms with Gasteiger partial charge in [-0.15, -0.1) is 0 Å². The Bertz CT molecular complexity index is 1260. The molecule has 0 unspecified atom stereocenters. The van der Waals surface area contributed by atoms with Gasteiger partial charge in [-0.25, -0.2) is 0 Å².